The molecule has 0 saturated heterocycles. The maximum atomic E-state index is 12.2. The van der Waals surface area contributed by atoms with Gasteiger partial charge in [0.2, 0.25) is 11.8 Å². The van der Waals surface area contributed by atoms with Crippen molar-refractivity contribution in [3.05, 3.63) is 36.5 Å². The van der Waals surface area contributed by atoms with E-state index in [0.717, 1.165) is 0 Å². The van der Waals surface area contributed by atoms with Gasteiger partial charge in [0.25, 0.3) is 0 Å². The van der Waals surface area contributed by atoms with Gasteiger partial charge in [0, 0.05) is 18.3 Å². The summed E-state index contributed by atoms with van der Waals surface area (Å²) in [6.07, 6.45) is -0.450. The van der Waals surface area contributed by atoms with Gasteiger partial charge in [-0.15, -0.1) is 0 Å². The first-order chi connectivity index (χ1) is 10.9. The lowest BCUT2D eigenvalue weighted by atomic mass is 10.2. The highest BCUT2D eigenvalue weighted by Gasteiger charge is 2.29. The molecule has 0 aliphatic rings. The number of aromatic nitrogens is 4. The first kappa shape index (κ1) is 16.7. The molecule has 2 heterocycles. The highest BCUT2D eigenvalue weighted by Crippen LogP contribution is 2.20. The van der Waals surface area contributed by atoms with Crippen LogP contribution in [0.25, 0.3) is 0 Å². The van der Waals surface area contributed by atoms with Crippen molar-refractivity contribution in [3.63, 3.8) is 0 Å². The third kappa shape index (κ3) is 4.94. The van der Waals surface area contributed by atoms with Crippen LogP contribution in [0.1, 0.15) is 18.5 Å². The van der Waals surface area contributed by atoms with E-state index in [0.29, 0.717) is 5.56 Å². The van der Waals surface area contributed by atoms with Crippen LogP contribution in [0.4, 0.5) is 13.2 Å². The summed E-state index contributed by atoms with van der Waals surface area (Å²) in [5.74, 6) is -0.528. The fourth-order valence-electron chi connectivity index (χ4n) is 1.71. The highest BCUT2D eigenvalue weighted by atomic mass is 19.4. The molecule has 7 nitrogen and oxygen atoms in total. The van der Waals surface area contributed by atoms with Crippen LogP contribution in [0.3, 0.4) is 0 Å². The van der Waals surface area contributed by atoms with Crippen LogP contribution in [0, 0.1) is 0 Å². The second kappa shape index (κ2) is 7.07. The summed E-state index contributed by atoms with van der Waals surface area (Å²) in [4.78, 5) is 19.5. The number of halogens is 3. The van der Waals surface area contributed by atoms with Crippen LogP contribution in [-0.4, -0.2) is 38.4 Å². The van der Waals surface area contributed by atoms with E-state index in [1.54, 1.807) is 13.0 Å². The zero-order chi connectivity index (χ0) is 16.9. The van der Waals surface area contributed by atoms with Gasteiger partial charge in [-0.25, -0.2) is 14.6 Å². The molecule has 0 aliphatic carbocycles. The lowest BCUT2D eigenvalue weighted by Gasteiger charge is -2.14. The topological polar surface area (TPSA) is 81.9 Å². The van der Waals surface area contributed by atoms with Crippen molar-refractivity contribution in [2.75, 3.05) is 6.61 Å². The SMILES string of the molecule is C[C@H](C(=O)NCc1cccnc1OCC(F)(F)F)n1cncn1. The Morgan fingerprint density at radius 1 is 1.48 bits per heavy atom. The number of hydrogen-bond acceptors (Lipinski definition) is 5. The molecule has 124 valence electrons. The van der Waals surface area contributed by atoms with Gasteiger partial charge in [0.1, 0.15) is 18.7 Å². The largest absolute Gasteiger partial charge is 0.468 e. The number of nitrogens with zero attached hydrogens (tertiary/aromatic N) is 4. The molecular formula is C13H14F3N5O2. The van der Waals surface area contributed by atoms with Gasteiger partial charge >= 0.3 is 6.18 Å². The number of ether oxygens (including phenoxy) is 1. The molecule has 1 N–H and O–H groups in total. The Bertz CT molecular complexity index is 645. The van der Waals surface area contributed by atoms with Gasteiger partial charge < -0.3 is 10.1 Å². The number of carbonyl (C=O) groups excluding carboxylic acids is 1. The maximum absolute atomic E-state index is 12.2. The van der Waals surface area contributed by atoms with E-state index in [4.69, 9.17) is 0 Å². The first-order valence-electron chi connectivity index (χ1n) is 6.62. The molecule has 0 aromatic carbocycles. The van der Waals surface area contributed by atoms with Crippen LogP contribution in [0.2, 0.25) is 0 Å². The van der Waals surface area contributed by atoms with Gasteiger partial charge in [0.15, 0.2) is 6.61 Å². The maximum Gasteiger partial charge on any atom is 0.422 e. The average Bonchev–Trinajstić information content (AvgIpc) is 3.04. The second-order valence-electron chi connectivity index (χ2n) is 4.64. The average molecular weight is 329 g/mol. The fourth-order valence-corrected chi connectivity index (χ4v) is 1.71. The third-order valence-electron chi connectivity index (χ3n) is 2.89. The molecule has 1 amide bonds. The number of rotatable bonds is 6. The van der Waals surface area contributed by atoms with E-state index in [1.807, 2.05) is 0 Å². The van der Waals surface area contributed by atoms with Crippen molar-refractivity contribution in [1.82, 2.24) is 25.1 Å². The van der Waals surface area contributed by atoms with E-state index in [2.05, 4.69) is 25.1 Å². The highest BCUT2D eigenvalue weighted by molar-refractivity contribution is 5.79. The summed E-state index contributed by atoms with van der Waals surface area (Å²) in [5, 5.41) is 6.44. The minimum absolute atomic E-state index is 0.0150. The Labute approximate surface area is 129 Å². The summed E-state index contributed by atoms with van der Waals surface area (Å²) in [6, 6.07) is 2.47. The van der Waals surface area contributed by atoms with E-state index in [9.17, 15) is 18.0 Å². The van der Waals surface area contributed by atoms with E-state index >= 15 is 0 Å². The van der Waals surface area contributed by atoms with Crippen LogP contribution in [0.15, 0.2) is 31.0 Å². The Morgan fingerprint density at radius 2 is 2.26 bits per heavy atom. The van der Waals surface area contributed by atoms with Gasteiger partial charge in [-0.1, -0.05) is 6.07 Å². The minimum atomic E-state index is -4.46. The molecule has 1 atom stereocenters. The van der Waals surface area contributed by atoms with Crippen molar-refractivity contribution in [3.8, 4) is 5.88 Å². The zero-order valence-corrected chi connectivity index (χ0v) is 12.1. The second-order valence-corrected chi connectivity index (χ2v) is 4.64. The number of pyridine rings is 1. The molecule has 2 aromatic rings. The number of alkyl halides is 3. The summed E-state index contributed by atoms with van der Waals surface area (Å²) < 4.78 is 42.6. The summed E-state index contributed by atoms with van der Waals surface area (Å²) >= 11 is 0. The predicted molar refractivity (Wildman–Crippen MR) is 72.4 cm³/mol. The van der Waals surface area contributed by atoms with Crippen LogP contribution < -0.4 is 10.1 Å². The number of amides is 1. The molecule has 0 fully saturated rings. The molecular weight excluding hydrogens is 315 g/mol. The molecule has 0 saturated carbocycles. The normalized spacial score (nSPS) is 12.7. The molecule has 0 unspecified atom stereocenters. The molecule has 0 bridgehead atoms. The van der Waals surface area contributed by atoms with Gasteiger partial charge in [-0.3, -0.25) is 4.79 Å². The summed E-state index contributed by atoms with van der Waals surface area (Å²) in [5.41, 5.74) is 0.343. The standard InChI is InChI=1S/C13H14F3N5O2/c1-9(21-8-17-7-20-21)11(22)19-5-10-3-2-4-18-12(10)23-6-13(14,15)16/h2-4,7-9H,5-6H2,1H3,(H,19,22)/t9-/m1/s1. The quantitative estimate of drug-likeness (QED) is 0.868. The fraction of sp³-hybridized carbons (Fsp3) is 0.385. The van der Waals surface area contributed by atoms with Crippen molar-refractivity contribution < 1.29 is 22.7 Å². The zero-order valence-electron chi connectivity index (χ0n) is 12.1. The number of carbonyl (C=O) groups is 1. The molecule has 0 aliphatic heterocycles. The van der Waals surface area contributed by atoms with Crippen molar-refractivity contribution in [2.24, 2.45) is 0 Å². The molecule has 0 spiro atoms. The van der Waals surface area contributed by atoms with Crippen molar-refractivity contribution in [2.45, 2.75) is 25.7 Å². The lowest BCUT2D eigenvalue weighted by molar-refractivity contribution is -0.154. The Hall–Kier alpha value is -2.65. The van der Waals surface area contributed by atoms with Gasteiger partial charge in [-0.05, 0) is 13.0 Å². The minimum Gasteiger partial charge on any atom is -0.468 e. The van der Waals surface area contributed by atoms with E-state index in [1.165, 1.54) is 29.6 Å². The molecule has 23 heavy (non-hydrogen) atoms. The third-order valence-corrected chi connectivity index (χ3v) is 2.89. The van der Waals surface area contributed by atoms with E-state index < -0.39 is 18.8 Å². The van der Waals surface area contributed by atoms with Crippen LogP contribution in [-0.2, 0) is 11.3 Å². The predicted octanol–water partition coefficient (Wildman–Crippen LogP) is 1.49. The Kier molecular flexibility index (Phi) is 5.14. The first-order valence-corrected chi connectivity index (χ1v) is 6.62. The summed E-state index contributed by atoms with van der Waals surface area (Å²) in [7, 11) is 0. The van der Waals surface area contributed by atoms with Crippen LogP contribution in [0.5, 0.6) is 5.88 Å². The van der Waals surface area contributed by atoms with Gasteiger partial charge in [0.05, 0.1) is 0 Å². The summed E-state index contributed by atoms with van der Waals surface area (Å²) in [6.45, 7) is 0.160. The monoisotopic (exact) mass is 329 g/mol. The number of hydrogen-bond donors (Lipinski definition) is 1. The lowest BCUT2D eigenvalue weighted by Crippen LogP contribution is -2.31. The number of nitrogens with one attached hydrogen (secondary N) is 1. The van der Waals surface area contributed by atoms with Crippen LogP contribution >= 0.6 is 0 Å². The van der Waals surface area contributed by atoms with Crippen molar-refractivity contribution in [1.29, 1.82) is 0 Å². The molecule has 10 heteroatoms. The molecule has 2 aromatic heterocycles. The molecule has 0 radical (unpaired) electrons. The van der Waals surface area contributed by atoms with Gasteiger partial charge in [-0.2, -0.15) is 18.3 Å². The van der Waals surface area contributed by atoms with E-state index in [-0.39, 0.29) is 18.3 Å². The molecule has 2 rings (SSSR count). The smallest absolute Gasteiger partial charge is 0.422 e. The Balaban J connectivity index is 1.96. The van der Waals surface area contributed by atoms with Crippen molar-refractivity contribution >= 4 is 5.91 Å². The Morgan fingerprint density at radius 3 is 2.91 bits per heavy atom.